The summed E-state index contributed by atoms with van der Waals surface area (Å²) in [5.41, 5.74) is 6.23. The summed E-state index contributed by atoms with van der Waals surface area (Å²) in [6.07, 6.45) is 0. The molecule has 0 amide bonds. The molecular weight excluding hydrogens is 150 g/mol. The molecule has 0 aliphatic carbocycles. The van der Waals surface area contributed by atoms with Gasteiger partial charge in [-0.1, -0.05) is 30.3 Å². The van der Waals surface area contributed by atoms with Crippen molar-refractivity contribution in [1.29, 1.82) is 5.41 Å². The van der Waals surface area contributed by atoms with Crippen molar-refractivity contribution in [1.82, 2.24) is 5.32 Å². The zero-order chi connectivity index (χ0) is 8.97. The van der Waals surface area contributed by atoms with Crippen LogP contribution in [0.3, 0.4) is 0 Å². The van der Waals surface area contributed by atoms with Gasteiger partial charge in [-0.3, -0.25) is 5.41 Å². The summed E-state index contributed by atoms with van der Waals surface area (Å²) in [5.74, 6) is -0.0312. The second-order valence-electron chi connectivity index (χ2n) is 2.53. The Morgan fingerprint density at radius 2 is 1.92 bits per heavy atom. The first kappa shape index (κ1) is 8.59. The lowest BCUT2D eigenvalue weighted by molar-refractivity contribution is 0.936. The lowest BCUT2D eigenvalue weighted by Gasteiger charge is -2.11. The van der Waals surface area contributed by atoms with Gasteiger partial charge in [0.1, 0.15) is 0 Å². The Kier molecular flexibility index (Phi) is 2.69. The van der Waals surface area contributed by atoms with Gasteiger partial charge in [0, 0.05) is 0 Å². The van der Waals surface area contributed by atoms with Crippen LogP contribution in [0.15, 0.2) is 30.3 Å². The van der Waals surface area contributed by atoms with E-state index in [-0.39, 0.29) is 5.96 Å². The molecule has 0 saturated carbocycles. The molecule has 0 unspecified atom stereocenters. The maximum Gasteiger partial charge on any atom is 0.186 e. The number of hydrogen-bond acceptors (Lipinski definition) is 1. The van der Waals surface area contributed by atoms with E-state index in [4.69, 9.17) is 11.1 Å². The topological polar surface area (TPSA) is 61.9 Å². The van der Waals surface area contributed by atoms with E-state index >= 15 is 0 Å². The van der Waals surface area contributed by atoms with Crippen molar-refractivity contribution in [3.63, 3.8) is 0 Å². The lowest BCUT2D eigenvalue weighted by Crippen LogP contribution is -2.32. The fourth-order valence-corrected chi connectivity index (χ4v) is 0.962. The van der Waals surface area contributed by atoms with Crippen molar-refractivity contribution in [2.24, 2.45) is 5.73 Å². The molecule has 0 aromatic heterocycles. The summed E-state index contributed by atoms with van der Waals surface area (Å²) in [6.45, 7) is 1.89. The van der Waals surface area contributed by atoms with E-state index in [1.807, 2.05) is 37.3 Å². The van der Waals surface area contributed by atoms with Crippen molar-refractivity contribution >= 4 is 5.96 Å². The third-order valence-electron chi connectivity index (χ3n) is 1.53. The third-order valence-corrected chi connectivity index (χ3v) is 1.53. The van der Waals surface area contributed by atoms with Gasteiger partial charge in [-0.2, -0.15) is 0 Å². The summed E-state index contributed by atoms with van der Waals surface area (Å²) >= 11 is 0. The Balaban J connectivity index is 2.65. The van der Waals surface area contributed by atoms with Gasteiger partial charge < -0.3 is 11.1 Å². The molecule has 0 spiro atoms. The number of nitrogens with two attached hydrogens (primary N) is 1. The molecule has 12 heavy (non-hydrogen) atoms. The second-order valence-corrected chi connectivity index (χ2v) is 2.53. The quantitative estimate of drug-likeness (QED) is 0.450. The standard InChI is InChI=1S/C9H12N3/c1-7(12-9(10)11)8-5-3-2-4-6-8/h2-6H,1H3,(H4,10,11,12). The Labute approximate surface area is 72.1 Å². The van der Waals surface area contributed by atoms with Gasteiger partial charge in [-0.25, -0.2) is 0 Å². The highest BCUT2D eigenvalue weighted by Crippen LogP contribution is 2.08. The fourth-order valence-electron chi connectivity index (χ4n) is 0.962. The van der Waals surface area contributed by atoms with Gasteiger partial charge in [-0.15, -0.1) is 0 Å². The van der Waals surface area contributed by atoms with E-state index in [1.54, 1.807) is 0 Å². The normalized spacial score (nSPS) is 9.83. The van der Waals surface area contributed by atoms with E-state index in [2.05, 4.69) is 5.32 Å². The van der Waals surface area contributed by atoms with Crippen molar-refractivity contribution in [2.75, 3.05) is 0 Å². The molecule has 0 fully saturated rings. The van der Waals surface area contributed by atoms with Crippen LogP contribution in [0, 0.1) is 11.5 Å². The van der Waals surface area contributed by atoms with Crippen LogP contribution in [0.25, 0.3) is 0 Å². The molecule has 0 heterocycles. The van der Waals surface area contributed by atoms with Crippen molar-refractivity contribution in [3.8, 4) is 0 Å². The van der Waals surface area contributed by atoms with Gasteiger partial charge in [0.15, 0.2) is 5.96 Å². The van der Waals surface area contributed by atoms with Crippen LogP contribution in [0.2, 0.25) is 0 Å². The summed E-state index contributed by atoms with van der Waals surface area (Å²) in [7, 11) is 0. The summed E-state index contributed by atoms with van der Waals surface area (Å²) in [4.78, 5) is 0. The molecule has 1 aromatic rings. The zero-order valence-corrected chi connectivity index (χ0v) is 6.96. The van der Waals surface area contributed by atoms with Crippen LogP contribution in [-0.4, -0.2) is 5.96 Å². The number of rotatable bonds is 2. The Hall–Kier alpha value is -1.51. The summed E-state index contributed by atoms with van der Waals surface area (Å²) in [6, 6.07) is 10.7. The van der Waals surface area contributed by atoms with Crippen LogP contribution < -0.4 is 11.1 Å². The molecule has 1 radical (unpaired) electrons. The average Bonchev–Trinajstić information content (AvgIpc) is 2.05. The molecule has 63 valence electrons. The number of hydrogen-bond donors (Lipinski definition) is 3. The van der Waals surface area contributed by atoms with Crippen LogP contribution in [0.1, 0.15) is 12.5 Å². The maximum absolute atomic E-state index is 7.02. The SMILES string of the molecule is C[C](NC(=N)N)c1ccccc1. The minimum atomic E-state index is -0.0312. The monoisotopic (exact) mass is 162 g/mol. The Bertz CT molecular complexity index is 256. The third kappa shape index (κ3) is 2.27. The lowest BCUT2D eigenvalue weighted by atomic mass is 10.1. The number of nitrogens with one attached hydrogen (secondary N) is 2. The van der Waals surface area contributed by atoms with Crippen LogP contribution in [-0.2, 0) is 0 Å². The van der Waals surface area contributed by atoms with Crippen molar-refractivity contribution < 1.29 is 0 Å². The largest absolute Gasteiger partial charge is 0.370 e. The maximum atomic E-state index is 7.02. The molecule has 0 aliphatic heterocycles. The summed E-state index contributed by atoms with van der Waals surface area (Å²) in [5, 5.41) is 9.76. The van der Waals surface area contributed by atoms with E-state index in [0.29, 0.717) is 0 Å². The van der Waals surface area contributed by atoms with Crippen molar-refractivity contribution in [3.05, 3.63) is 41.9 Å². The molecule has 3 nitrogen and oxygen atoms in total. The van der Waals surface area contributed by atoms with Gasteiger partial charge >= 0.3 is 0 Å². The average molecular weight is 162 g/mol. The van der Waals surface area contributed by atoms with Crippen molar-refractivity contribution in [2.45, 2.75) is 6.92 Å². The van der Waals surface area contributed by atoms with Gasteiger partial charge in [0.25, 0.3) is 0 Å². The first-order chi connectivity index (χ1) is 5.70. The van der Waals surface area contributed by atoms with Crippen LogP contribution >= 0.6 is 0 Å². The van der Waals surface area contributed by atoms with Gasteiger partial charge in [0.2, 0.25) is 0 Å². The Morgan fingerprint density at radius 3 is 2.42 bits per heavy atom. The first-order valence-corrected chi connectivity index (χ1v) is 3.70. The highest BCUT2D eigenvalue weighted by molar-refractivity contribution is 5.76. The van der Waals surface area contributed by atoms with E-state index in [0.717, 1.165) is 11.6 Å². The molecule has 0 bridgehead atoms. The minimum absolute atomic E-state index is 0.0312. The highest BCUT2D eigenvalue weighted by atomic mass is 15.1. The molecule has 1 rings (SSSR count). The van der Waals surface area contributed by atoms with Crippen LogP contribution in [0.4, 0.5) is 0 Å². The van der Waals surface area contributed by atoms with E-state index in [9.17, 15) is 0 Å². The predicted octanol–water partition coefficient (Wildman–Crippen LogP) is 1.07. The second kappa shape index (κ2) is 3.76. The first-order valence-electron chi connectivity index (χ1n) is 3.70. The summed E-state index contributed by atoms with van der Waals surface area (Å²) < 4.78 is 0. The highest BCUT2D eigenvalue weighted by Gasteiger charge is 2.04. The molecule has 4 N–H and O–H groups in total. The van der Waals surface area contributed by atoms with E-state index in [1.165, 1.54) is 0 Å². The molecule has 0 atom stereocenters. The number of benzene rings is 1. The molecule has 0 aliphatic rings. The van der Waals surface area contributed by atoms with Gasteiger partial charge in [0.05, 0.1) is 6.04 Å². The molecular formula is C9H12N3. The van der Waals surface area contributed by atoms with E-state index < -0.39 is 0 Å². The zero-order valence-electron chi connectivity index (χ0n) is 6.96. The van der Waals surface area contributed by atoms with Crippen LogP contribution in [0.5, 0.6) is 0 Å². The minimum Gasteiger partial charge on any atom is -0.370 e. The predicted molar refractivity (Wildman–Crippen MR) is 49.5 cm³/mol. The molecule has 3 heteroatoms. The van der Waals surface area contributed by atoms with Gasteiger partial charge in [-0.05, 0) is 12.5 Å². The fraction of sp³-hybridized carbons (Fsp3) is 0.111. The molecule has 0 saturated heterocycles. The Morgan fingerprint density at radius 1 is 1.33 bits per heavy atom. The smallest absolute Gasteiger partial charge is 0.186 e. The number of guanidine groups is 1. The molecule has 1 aromatic carbocycles.